The summed E-state index contributed by atoms with van der Waals surface area (Å²) in [4.78, 5) is 13.4. The van der Waals surface area contributed by atoms with Crippen molar-refractivity contribution >= 4 is 17.2 Å². The zero-order valence-electron chi connectivity index (χ0n) is 15.8. The third-order valence-electron chi connectivity index (χ3n) is 5.25. The standard InChI is InChI=1S/C21H20N4O4/c1-27-25(26)15-4-3-11-22-20(15)24-14-7-8-18(23-12-14)29-17-6-2-5-16-19(17)21(9-10-21)13-28-16/h2-8,11-12,26H,9-10,13H2,1H3,(H,22,24). The van der Waals surface area contributed by atoms with Crippen LogP contribution in [0.1, 0.15) is 18.4 Å². The molecule has 1 aliphatic heterocycles. The topological polar surface area (TPSA) is 89.0 Å². The summed E-state index contributed by atoms with van der Waals surface area (Å²) in [6.45, 7) is 0.731. The molecule has 0 saturated heterocycles. The largest absolute Gasteiger partial charge is 0.492 e. The molecule has 0 amide bonds. The van der Waals surface area contributed by atoms with Crippen molar-refractivity contribution in [2.75, 3.05) is 24.3 Å². The minimum Gasteiger partial charge on any atom is -0.492 e. The van der Waals surface area contributed by atoms with E-state index >= 15 is 0 Å². The highest BCUT2D eigenvalue weighted by Gasteiger charge is 2.52. The van der Waals surface area contributed by atoms with Gasteiger partial charge in [0.25, 0.3) is 0 Å². The van der Waals surface area contributed by atoms with E-state index in [4.69, 9.17) is 14.3 Å². The highest BCUT2D eigenvalue weighted by atomic mass is 16.9. The zero-order valence-corrected chi connectivity index (χ0v) is 15.8. The molecule has 1 spiro atoms. The minimum atomic E-state index is 0.125. The van der Waals surface area contributed by atoms with Crippen LogP contribution < -0.4 is 20.0 Å². The predicted octanol–water partition coefficient (Wildman–Crippen LogP) is 4.19. The van der Waals surface area contributed by atoms with Gasteiger partial charge in [-0.1, -0.05) is 6.07 Å². The second-order valence-electron chi connectivity index (χ2n) is 7.14. The Kier molecular flexibility index (Phi) is 4.22. The maximum Gasteiger partial charge on any atom is 0.219 e. The lowest BCUT2D eigenvalue weighted by Gasteiger charge is -2.17. The number of rotatable bonds is 6. The molecule has 0 radical (unpaired) electrons. The van der Waals surface area contributed by atoms with E-state index in [1.54, 1.807) is 30.6 Å². The van der Waals surface area contributed by atoms with E-state index in [0.717, 1.165) is 36.5 Å². The van der Waals surface area contributed by atoms with Gasteiger partial charge in [-0.05, 0) is 43.2 Å². The molecule has 2 aliphatic rings. The van der Waals surface area contributed by atoms with Gasteiger partial charge in [0, 0.05) is 23.2 Å². The molecule has 3 heterocycles. The van der Waals surface area contributed by atoms with Crippen molar-refractivity contribution in [2.24, 2.45) is 0 Å². The fourth-order valence-corrected chi connectivity index (χ4v) is 3.58. The molecule has 2 N–H and O–H groups in total. The van der Waals surface area contributed by atoms with E-state index < -0.39 is 0 Å². The van der Waals surface area contributed by atoms with Crippen LogP contribution in [-0.2, 0) is 10.3 Å². The van der Waals surface area contributed by atoms with Gasteiger partial charge in [0.1, 0.15) is 17.2 Å². The lowest BCUT2D eigenvalue weighted by molar-refractivity contribution is -0.0107. The van der Waals surface area contributed by atoms with Gasteiger partial charge in [-0.2, -0.15) is 0 Å². The third-order valence-corrected chi connectivity index (χ3v) is 5.25. The molecule has 1 fully saturated rings. The number of hydrogen-bond donors (Lipinski definition) is 2. The Morgan fingerprint density at radius 3 is 2.79 bits per heavy atom. The van der Waals surface area contributed by atoms with Crippen molar-refractivity contribution in [1.29, 1.82) is 0 Å². The Morgan fingerprint density at radius 2 is 2.03 bits per heavy atom. The van der Waals surface area contributed by atoms with Crippen molar-refractivity contribution in [3.8, 4) is 17.4 Å². The van der Waals surface area contributed by atoms with Crippen molar-refractivity contribution in [1.82, 2.24) is 9.97 Å². The molecular formula is C21H20N4O4. The number of hydrogen-bond acceptors (Lipinski definition) is 8. The van der Waals surface area contributed by atoms with Crippen LogP contribution in [-0.4, -0.2) is 28.9 Å². The first-order valence-electron chi connectivity index (χ1n) is 9.34. The normalized spacial score (nSPS) is 15.5. The summed E-state index contributed by atoms with van der Waals surface area (Å²) in [6, 6.07) is 12.9. The van der Waals surface area contributed by atoms with E-state index in [1.807, 2.05) is 24.3 Å². The lowest BCUT2D eigenvalue weighted by atomic mass is 9.97. The van der Waals surface area contributed by atoms with Gasteiger partial charge in [-0.25, -0.2) is 9.97 Å². The van der Waals surface area contributed by atoms with Crippen molar-refractivity contribution < 1.29 is 19.5 Å². The van der Waals surface area contributed by atoms with Crippen molar-refractivity contribution in [2.45, 2.75) is 18.3 Å². The van der Waals surface area contributed by atoms with Gasteiger partial charge in [0.05, 0.1) is 25.6 Å². The van der Waals surface area contributed by atoms with Crippen LogP contribution in [0, 0.1) is 0 Å². The number of nitrogens with one attached hydrogen (secondary N) is 1. The van der Waals surface area contributed by atoms with Crippen molar-refractivity contribution in [3.05, 3.63) is 60.4 Å². The Balaban J connectivity index is 1.35. The first-order chi connectivity index (χ1) is 14.2. The molecule has 0 bridgehead atoms. The quantitative estimate of drug-likeness (QED) is 0.604. The number of pyridine rings is 2. The second kappa shape index (κ2) is 6.91. The fourth-order valence-electron chi connectivity index (χ4n) is 3.58. The van der Waals surface area contributed by atoms with E-state index in [-0.39, 0.29) is 5.41 Å². The summed E-state index contributed by atoms with van der Waals surface area (Å²) in [6.07, 6.45) is 5.53. The van der Waals surface area contributed by atoms with E-state index in [1.165, 1.54) is 7.11 Å². The van der Waals surface area contributed by atoms with Gasteiger partial charge >= 0.3 is 0 Å². The molecule has 5 rings (SSSR count). The molecule has 0 atom stereocenters. The highest BCUT2D eigenvalue weighted by molar-refractivity contribution is 5.69. The highest BCUT2D eigenvalue weighted by Crippen LogP contribution is 2.58. The maximum atomic E-state index is 9.81. The molecule has 3 aromatic rings. The Labute approximate surface area is 167 Å². The van der Waals surface area contributed by atoms with Crippen LogP contribution in [0.4, 0.5) is 17.2 Å². The van der Waals surface area contributed by atoms with Gasteiger partial charge in [0.2, 0.25) is 5.88 Å². The Hall–Kier alpha value is -3.36. The van der Waals surface area contributed by atoms with Crippen LogP contribution in [0.5, 0.6) is 17.4 Å². The maximum absolute atomic E-state index is 9.81. The van der Waals surface area contributed by atoms with Crippen molar-refractivity contribution in [3.63, 3.8) is 0 Å². The smallest absolute Gasteiger partial charge is 0.219 e. The molecule has 8 heteroatoms. The zero-order chi connectivity index (χ0) is 19.8. The predicted molar refractivity (Wildman–Crippen MR) is 106 cm³/mol. The average molecular weight is 392 g/mol. The average Bonchev–Trinajstić information content (AvgIpc) is 3.44. The molecular weight excluding hydrogens is 372 g/mol. The number of fused-ring (bicyclic) bond motifs is 2. The summed E-state index contributed by atoms with van der Waals surface area (Å²) < 4.78 is 11.9. The van der Waals surface area contributed by atoms with E-state index in [0.29, 0.717) is 28.3 Å². The SMILES string of the molecule is CON(O)c1cccnc1Nc1ccc(Oc2cccc3c2C2(CC2)CO3)nc1. The van der Waals surface area contributed by atoms with Gasteiger partial charge < -0.3 is 14.8 Å². The number of nitrogens with zero attached hydrogens (tertiary/aromatic N) is 3. The summed E-state index contributed by atoms with van der Waals surface area (Å²) in [5, 5.41) is 13.6. The molecule has 1 saturated carbocycles. The number of ether oxygens (including phenoxy) is 2. The molecule has 148 valence electrons. The van der Waals surface area contributed by atoms with Crippen LogP contribution in [0.2, 0.25) is 0 Å². The fraction of sp³-hybridized carbons (Fsp3) is 0.238. The lowest BCUT2D eigenvalue weighted by Crippen LogP contribution is -2.17. The van der Waals surface area contributed by atoms with E-state index in [2.05, 4.69) is 15.3 Å². The van der Waals surface area contributed by atoms with Gasteiger partial charge in [-0.15, -0.1) is 5.23 Å². The van der Waals surface area contributed by atoms with Crippen LogP contribution in [0.25, 0.3) is 0 Å². The van der Waals surface area contributed by atoms with Crippen LogP contribution in [0.15, 0.2) is 54.9 Å². The Bertz CT molecular complexity index is 1040. The summed E-state index contributed by atoms with van der Waals surface area (Å²) in [5.41, 5.74) is 2.36. The summed E-state index contributed by atoms with van der Waals surface area (Å²) >= 11 is 0. The second-order valence-corrected chi connectivity index (χ2v) is 7.14. The Morgan fingerprint density at radius 1 is 1.14 bits per heavy atom. The number of anilines is 3. The molecule has 1 aromatic carbocycles. The first-order valence-corrected chi connectivity index (χ1v) is 9.34. The van der Waals surface area contributed by atoms with Crippen LogP contribution >= 0.6 is 0 Å². The van der Waals surface area contributed by atoms with Gasteiger partial charge in [0.15, 0.2) is 5.82 Å². The first kappa shape index (κ1) is 17.7. The molecule has 0 unspecified atom stereocenters. The third kappa shape index (κ3) is 3.22. The number of benzene rings is 1. The molecule has 8 nitrogen and oxygen atoms in total. The summed E-state index contributed by atoms with van der Waals surface area (Å²) in [5.74, 6) is 2.64. The molecule has 2 aromatic heterocycles. The minimum absolute atomic E-state index is 0.125. The number of aromatic nitrogens is 2. The monoisotopic (exact) mass is 392 g/mol. The molecule has 29 heavy (non-hydrogen) atoms. The molecule has 1 aliphatic carbocycles. The van der Waals surface area contributed by atoms with Crippen LogP contribution in [0.3, 0.4) is 0 Å². The van der Waals surface area contributed by atoms with E-state index in [9.17, 15) is 5.21 Å². The van der Waals surface area contributed by atoms with Gasteiger partial charge in [-0.3, -0.25) is 10.0 Å². The summed E-state index contributed by atoms with van der Waals surface area (Å²) in [7, 11) is 1.36.